The fourth-order valence-corrected chi connectivity index (χ4v) is 9.39. The highest BCUT2D eigenvalue weighted by Crippen LogP contribution is 2.71. The number of aliphatic hydroxyl groups excluding tert-OH is 1. The van der Waals surface area contributed by atoms with E-state index in [4.69, 9.17) is 0 Å². The van der Waals surface area contributed by atoms with Crippen LogP contribution in [0.25, 0.3) is 0 Å². The Morgan fingerprint density at radius 2 is 1.65 bits per heavy atom. The molecule has 4 saturated carbocycles. The molecule has 0 radical (unpaired) electrons. The summed E-state index contributed by atoms with van der Waals surface area (Å²) >= 11 is 2.27. The lowest BCUT2D eigenvalue weighted by atomic mass is 9.43. The summed E-state index contributed by atoms with van der Waals surface area (Å²) in [4.78, 5) is 0. The van der Waals surface area contributed by atoms with Gasteiger partial charge in [0.25, 0.3) is 0 Å². The molecule has 4 aliphatic carbocycles. The summed E-state index contributed by atoms with van der Waals surface area (Å²) in [5, 5.41) is 10.6. The summed E-state index contributed by atoms with van der Waals surface area (Å²) in [5.74, 6) is 6.05. The lowest BCUT2D eigenvalue weighted by Gasteiger charge is -2.62. The third-order valence-electron chi connectivity index (χ3n) is 9.77. The summed E-state index contributed by atoms with van der Waals surface area (Å²) < 4.78 is 0.698. The summed E-state index contributed by atoms with van der Waals surface area (Å²) in [6.07, 6.45) is 11.0. The van der Waals surface area contributed by atoms with E-state index in [1.165, 1.54) is 50.7 Å². The molecule has 1 heterocycles. The first-order valence-corrected chi connectivity index (χ1v) is 11.2. The fourth-order valence-electron chi connectivity index (χ4n) is 8.12. The quantitative estimate of drug-likeness (QED) is 0.620. The van der Waals surface area contributed by atoms with Crippen LogP contribution < -0.4 is 0 Å². The Kier molecular flexibility index (Phi) is 3.20. The maximum atomic E-state index is 10.6. The maximum absolute atomic E-state index is 10.6. The van der Waals surface area contributed by atoms with Crippen LogP contribution in [0, 0.1) is 40.4 Å². The van der Waals surface area contributed by atoms with E-state index >= 15 is 0 Å². The van der Waals surface area contributed by atoms with E-state index in [1.807, 2.05) is 0 Å². The minimum absolute atomic E-state index is 0.0182. The lowest BCUT2D eigenvalue weighted by molar-refractivity contribution is -0.129. The molecule has 0 unspecified atom stereocenters. The number of aliphatic hydroxyl groups is 1. The van der Waals surface area contributed by atoms with Crippen LogP contribution in [0.15, 0.2) is 0 Å². The zero-order valence-corrected chi connectivity index (χ0v) is 16.0. The molecular weight excluding hydrogens is 300 g/mol. The molecule has 1 N–H and O–H groups in total. The maximum Gasteiger partial charge on any atom is 0.0596 e. The normalized spacial score (nSPS) is 64.2. The molecule has 23 heavy (non-hydrogen) atoms. The first-order chi connectivity index (χ1) is 10.9. The largest absolute Gasteiger partial charge is 0.393 e. The van der Waals surface area contributed by atoms with Gasteiger partial charge in [-0.2, -0.15) is 11.8 Å². The molecule has 9 atom stereocenters. The van der Waals surface area contributed by atoms with Crippen molar-refractivity contribution in [3.8, 4) is 0 Å². The SMILES string of the molecule is C[C@@H]1C[C@@]2(C)[C@H](CC[C@@H]3[C@@H]2CC[C@]2(C)[C@H](O)CC[C@@H]32)C[C@]12CS2. The topological polar surface area (TPSA) is 20.2 Å². The first-order valence-electron chi connectivity index (χ1n) is 10.2. The highest BCUT2D eigenvalue weighted by atomic mass is 32.2. The van der Waals surface area contributed by atoms with Gasteiger partial charge in [0.1, 0.15) is 0 Å². The number of rotatable bonds is 0. The van der Waals surface area contributed by atoms with Crippen molar-refractivity contribution in [3.63, 3.8) is 0 Å². The van der Waals surface area contributed by atoms with Crippen molar-refractivity contribution in [3.05, 3.63) is 0 Å². The molecule has 5 fully saturated rings. The van der Waals surface area contributed by atoms with Gasteiger partial charge in [0.15, 0.2) is 0 Å². The third-order valence-corrected chi connectivity index (χ3v) is 11.4. The van der Waals surface area contributed by atoms with Crippen molar-refractivity contribution >= 4 is 11.8 Å². The molecule has 0 aromatic heterocycles. The second-order valence-corrected chi connectivity index (χ2v) is 11.8. The Bertz CT molecular complexity index is 514. The fraction of sp³-hybridized carbons (Fsp3) is 1.00. The van der Waals surface area contributed by atoms with Crippen molar-refractivity contribution in [1.82, 2.24) is 0 Å². The minimum Gasteiger partial charge on any atom is -0.393 e. The molecule has 5 aliphatic rings. The van der Waals surface area contributed by atoms with Gasteiger partial charge < -0.3 is 5.11 Å². The molecule has 2 heteroatoms. The molecule has 0 aromatic carbocycles. The Labute approximate surface area is 146 Å². The number of thioether (sulfide) groups is 1. The van der Waals surface area contributed by atoms with Crippen molar-refractivity contribution in [2.75, 3.05) is 5.75 Å². The lowest BCUT2D eigenvalue weighted by Crippen LogP contribution is -2.56. The predicted molar refractivity (Wildman–Crippen MR) is 97.5 cm³/mol. The first kappa shape index (κ1) is 15.6. The summed E-state index contributed by atoms with van der Waals surface area (Å²) in [5.41, 5.74) is 0.851. The summed E-state index contributed by atoms with van der Waals surface area (Å²) in [6, 6.07) is 0. The number of fused-ring (bicyclic) bond motifs is 5. The molecule has 1 spiro atoms. The van der Waals surface area contributed by atoms with E-state index in [2.05, 4.69) is 32.5 Å². The zero-order valence-electron chi connectivity index (χ0n) is 15.2. The monoisotopic (exact) mass is 334 g/mol. The van der Waals surface area contributed by atoms with E-state index < -0.39 is 0 Å². The van der Waals surface area contributed by atoms with Crippen LogP contribution in [0.3, 0.4) is 0 Å². The predicted octanol–water partition coefficient (Wildman–Crippen LogP) is 5.12. The second kappa shape index (κ2) is 4.72. The molecule has 0 amide bonds. The second-order valence-electron chi connectivity index (χ2n) is 10.5. The highest BCUT2D eigenvalue weighted by Gasteiger charge is 2.64. The van der Waals surface area contributed by atoms with Crippen LogP contribution in [-0.2, 0) is 0 Å². The van der Waals surface area contributed by atoms with Crippen molar-refractivity contribution in [1.29, 1.82) is 0 Å². The van der Waals surface area contributed by atoms with Crippen LogP contribution in [0.1, 0.15) is 72.1 Å². The van der Waals surface area contributed by atoms with Crippen LogP contribution in [0.2, 0.25) is 0 Å². The number of hydrogen-bond donors (Lipinski definition) is 1. The van der Waals surface area contributed by atoms with Crippen LogP contribution in [0.5, 0.6) is 0 Å². The van der Waals surface area contributed by atoms with Gasteiger partial charge in [0, 0.05) is 10.5 Å². The Balaban J connectivity index is 1.45. The average Bonchev–Trinajstić information content (AvgIpc) is 3.22. The molecule has 1 saturated heterocycles. The van der Waals surface area contributed by atoms with Gasteiger partial charge in [-0.3, -0.25) is 0 Å². The molecular formula is C21H34OS. The van der Waals surface area contributed by atoms with E-state index in [9.17, 15) is 5.11 Å². The van der Waals surface area contributed by atoms with E-state index in [1.54, 1.807) is 0 Å². The van der Waals surface area contributed by atoms with Crippen molar-refractivity contribution in [2.45, 2.75) is 83.0 Å². The third kappa shape index (κ3) is 1.92. The molecule has 5 rings (SSSR count). The van der Waals surface area contributed by atoms with E-state index in [0.29, 0.717) is 10.2 Å². The molecule has 1 aliphatic heterocycles. The van der Waals surface area contributed by atoms with Gasteiger partial charge in [-0.1, -0.05) is 20.8 Å². The van der Waals surface area contributed by atoms with Gasteiger partial charge in [0.05, 0.1) is 6.10 Å². The Hall–Kier alpha value is 0.310. The Morgan fingerprint density at radius 3 is 2.39 bits per heavy atom. The molecule has 0 bridgehead atoms. The zero-order chi connectivity index (χ0) is 16.0. The average molecular weight is 335 g/mol. The molecule has 1 nitrogen and oxygen atoms in total. The van der Waals surface area contributed by atoms with Gasteiger partial charge in [0.2, 0.25) is 0 Å². The van der Waals surface area contributed by atoms with E-state index in [0.717, 1.165) is 36.0 Å². The minimum atomic E-state index is -0.0182. The van der Waals surface area contributed by atoms with Crippen LogP contribution in [0.4, 0.5) is 0 Å². The highest BCUT2D eigenvalue weighted by molar-refractivity contribution is 8.07. The van der Waals surface area contributed by atoms with E-state index in [-0.39, 0.29) is 11.5 Å². The standard InChI is InChI=1S/C21H34OS/c1-13-10-20(3)14(11-21(13)12-23-21)4-5-15-16-6-7-18(22)19(16,2)9-8-17(15)20/h13-18,22H,4-12H2,1-3H3/t13-,14-,15+,16+,17+,18-,19+,20+,21+/m1/s1. The molecule has 0 aromatic rings. The van der Waals surface area contributed by atoms with Crippen molar-refractivity contribution in [2.24, 2.45) is 40.4 Å². The van der Waals surface area contributed by atoms with Crippen LogP contribution in [-0.4, -0.2) is 21.7 Å². The van der Waals surface area contributed by atoms with Gasteiger partial charge >= 0.3 is 0 Å². The van der Waals surface area contributed by atoms with Gasteiger partial charge in [-0.05, 0) is 91.8 Å². The summed E-state index contributed by atoms with van der Waals surface area (Å²) in [6.45, 7) is 7.65. The summed E-state index contributed by atoms with van der Waals surface area (Å²) in [7, 11) is 0. The van der Waals surface area contributed by atoms with Gasteiger partial charge in [-0.15, -0.1) is 0 Å². The number of hydrogen-bond acceptors (Lipinski definition) is 2. The van der Waals surface area contributed by atoms with Gasteiger partial charge in [-0.25, -0.2) is 0 Å². The molecule has 130 valence electrons. The Morgan fingerprint density at radius 1 is 0.913 bits per heavy atom. The smallest absolute Gasteiger partial charge is 0.0596 e. The van der Waals surface area contributed by atoms with Crippen molar-refractivity contribution < 1.29 is 5.11 Å². The van der Waals surface area contributed by atoms with Crippen LogP contribution >= 0.6 is 11.8 Å².